The van der Waals surface area contributed by atoms with E-state index in [0.29, 0.717) is 44.2 Å². The second-order valence-corrected chi connectivity index (χ2v) is 8.71. The first kappa shape index (κ1) is 21.2. The summed E-state index contributed by atoms with van der Waals surface area (Å²) in [6.07, 6.45) is 6.74. The Morgan fingerprint density at radius 2 is 1.87 bits per heavy atom. The Morgan fingerprint density at radius 3 is 2.53 bits per heavy atom. The molecule has 0 aromatic heterocycles. The number of halogens is 1. The summed E-state index contributed by atoms with van der Waals surface area (Å²) in [5.41, 5.74) is 0.380. The van der Waals surface area contributed by atoms with Crippen LogP contribution in [-0.2, 0) is 9.53 Å². The molecule has 2 heterocycles. The molecule has 1 saturated carbocycles. The monoisotopic (exact) mass is 417 g/mol. The zero-order valence-electron chi connectivity index (χ0n) is 17.5. The molecule has 3 aliphatic rings. The van der Waals surface area contributed by atoms with Crippen LogP contribution in [0, 0.1) is 11.7 Å². The van der Waals surface area contributed by atoms with E-state index in [2.05, 4.69) is 10.2 Å². The van der Waals surface area contributed by atoms with Crippen molar-refractivity contribution in [2.45, 2.75) is 50.7 Å². The molecule has 0 bridgehead atoms. The number of nitrogens with one attached hydrogen (secondary N) is 1. The van der Waals surface area contributed by atoms with Gasteiger partial charge < -0.3 is 15.0 Å². The van der Waals surface area contributed by atoms with E-state index in [1.165, 1.54) is 25.0 Å². The summed E-state index contributed by atoms with van der Waals surface area (Å²) in [4.78, 5) is 29.9. The maximum absolute atomic E-state index is 13.5. The van der Waals surface area contributed by atoms with Crippen LogP contribution >= 0.6 is 0 Å². The van der Waals surface area contributed by atoms with Crippen LogP contribution in [0.1, 0.15) is 48.9 Å². The van der Waals surface area contributed by atoms with Gasteiger partial charge in [0.05, 0.1) is 12.1 Å². The first-order chi connectivity index (χ1) is 14.6. The van der Waals surface area contributed by atoms with Gasteiger partial charge in [-0.1, -0.05) is 18.9 Å². The minimum atomic E-state index is -0.399. The van der Waals surface area contributed by atoms with E-state index in [0.717, 1.165) is 32.3 Å². The Hall–Kier alpha value is -1.99. The van der Waals surface area contributed by atoms with Crippen LogP contribution < -0.4 is 5.32 Å². The molecule has 4 rings (SSSR count). The van der Waals surface area contributed by atoms with Crippen molar-refractivity contribution < 1.29 is 18.7 Å². The van der Waals surface area contributed by atoms with Crippen molar-refractivity contribution in [3.8, 4) is 0 Å². The summed E-state index contributed by atoms with van der Waals surface area (Å²) in [7, 11) is 0. The van der Waals surface area contributed by atoms with Crippen molar-refractivity contribution in [1.82, 2.24) is 15.1 Å². The van der Waals surface area contributed by atoms with Crippen molar-refractivity contribution in [1.29, 1.82) is 0 Å². The summed E-state index contributed by atoms with van der Waals surface area (Å²) in [6.45, 7) is 3.80. The van der Waals surface area contributed by atoms with Gasteiger partial charge in [0.2, 0.25) is 5.91 Å². The van der Waals surface area contributed by atoms with Gasteiger partial charge in [0.25, 0.3) is 5.91 Å². The highest BCUT2D eigenvalue weighted by atomic mass is 19.1. The molecule has 3 fully saturated rings. The van der Waals surface area contributed by atoms with Crippen LogP contribution in [-0.4, -0.2) is 73.1 Å². The van der Waals surface area contributed by atoms with Crippen LogP contribution in [0.3, 0.4) is 0 Å². The van der Waals surface area contributed by atoms with Crippen LogP contribution in [0.2, 0.25) is 0 Å². The van der Waals surface area contributed by atoms with Gasteiger partial charge in [-0.3, -0.25) is 14.5 Å². The van der Waals surface area contributed by atoms with E-state index in [9.17, 15) is 14.0 Å². The minimum absolute atomic E-state index is 0.0994. The number of rotatable bonds is 6. The van der Waals surface area contributed by atoms with Crippen LogP contribution in [0.5, 0.6) is 0 Å². The molecule has 30 heavy (non-hydrogen) atoms. The molecule has 0 spiro atoms. The van der Waals surface area contributed by atoms with Crippen LogP contribution in [0.4, 0.5) is 4.39 Å². The number of benzene rings is 1. The molecule has 1 aromatic carbocycles. The summed E-state index contributed by atoms with van der Waals surface area (Å²) in [6, 6.07) is 5.70. The van der Waals surface area contributed by atoms with Gasteiger partial charge in [0.15, 0.2) is 0 Å². The number of hydrogen-bond acceptors (Lipinski definition) is 4. The summed E-state index contributed by atoms with van der Waals surface area (Å²) in [5.74, 6) is -0.0691. The minimum Gasteiger partial charge on any atom is -0.376 e. The molecule has 2 atom stereocenters. The lowest BCUT2D eigenvalue weighted by molar-refractivity contribution is -0.129. The quantitative estimate of drug-likeness (QED) is 0.772. The second kappa shape index (κ2) is 9.88. The molecular weight excluding hydrogens is 385 g/mol. The number of amides is 2. The first-order valence-corrected chi connectivity index (χ1v) is 11.3. The zero-order valence-corrected chi connectivity index (χ0v) is 17.5. The van der Waals surface area contributed by atoms with Gasteiger partial charge in [-0.05, 0) is 49.8 Å². The van der Waals surface area contributed by atoms with Crippen molar-refractivity contribution in [2.24, 2.45) is 5.92 Å². The number of carbonyl (C=O) groups is 2. The van der Waals surface area contributed by atoms with Gasteiger partial charge in [-0.25, -0.2) is 4.39 Å². The van der Waals surface area contributed by atoms with Crippen molar-refractivity contribution in [2.75, 3.05) is 39.3 Å². The smallest absolute Gasteiger partial charge is 0.254 e. The van der Waals surface area contributed by atoms with Gasteiger partial charge in [-0.15, -0.1) is 0 Å². The topological polar surface area (TPSA) is 61.9 Å². The molecule has 1 aliphatic carbocycles. The molecule has 164 valence electrons. The van der Waals surface area contributed by atoms with Gasteiger partial charge >= 0.3 is 0 Å². The standard InChI is InChI=1S/C23H32FN3O3/c24-19-8-3-7-18(15-19)23(29)27-12-10-26(11-13-27)21(17-5-1-2-6-17)22(28)25-16-20-9-4-14-30-20/h3,7-8,15,17,20-21H,1-2,4-6,9-14,16H2,(H,25,28)/t20-,21-/m0/s1. The Labute approximate surface area is 177 Å². The SMILES string of the molecule is O=C(NC[C@@H]1CCCO1)[C@H](C1CCCC1)N1CCN(C(=O)c2cccc(F)c2)CC1. The van der Waals surface area contributed by atoms with Gasteiger partial charge in [0, 0.05) is 44.9 Å². The average Bonchev–Trinajstić information content (AvgIpc) is 3.47. The Morgan fingerprint density at radius 1 is 1.10 bits per heavy atom. The molecule has 1 aromatic rings. The number of carbonyl (C=O) groups excluding carboxylic acids is 2. The lowest BCUT2D eigenvalue weighted by Gasteiger charge is -2.41. The van der Waals surface area contributed by atoms with Crippen LogP contribution in [0.15, 0.2) is 24.3 Å². The van der Waals surface area contributed by atoms with Crippen LogP contribution in [0.25, 0.3) is 0 Å². The highest BCUT2D eigenvalue weighted by molar-refractivity contribution is 5.94. The second-order valence-electron chi connectivity index (χ2n) is 8.71. The Balaban J connectivity index is 1.36. The van der Waals surface area contributed by atoms with E-state index < -0.39 is 5.82 Å². The summed E-state index contributed by atoms with van der Waals surface area (Å²) < 4.78 is 19.1. The molecule has 2 aliphatic heterocycles. The van der Waals surface area contributed by atoms with Crippen molar-refractivity contribution in [3.05, 3.63) is 35.6 Å². The summed E-state index contributed by atoms with van der Waals surface area (Å²) >= 11 is 0. The molecule has 7 heteroatoms. The van der Waals surface area contributed by atoms with Crippen molar-refractivity contribution in [3.63, 3.8) is 0 Å². The highest BCUT2D eigenvalue weighted by Gasteiger charge is 2.37. The highest BCUT2D eigenvalue weighted by Crippen LogP contribution is 2.31. The number of hydrogen-bond donors (Lipinski definition) is 1. The fourth-order valence-electron chi connectivity index (χ4n) is 5.08. The Kier molecular flexibility index (Phi) is 7.00. The number of piperazine rings is 1. The third kappa shape index (κ3) is 5.01. The van der Waals surface area contributed by atoms with Gasteiger partial charge in [-0.2, -0.15) is 0 Å². The van der Waals surface area contributed by atoms with Gasteiger partial charge in [0.1, 0.15) is 5.82 Å². The fourth-order valence-corrected chi connectivity index (χ4v) is 5.08. The van der Waals surface area contributed by atoms with Crippen molar-refractivity contribution >= 4 is 11.8 Å². The van der Waals surface area contributed by atoms with E-state index in [4.69, 9.17) is 4.74 Å². The molecule has 0 radical (unpaired) electrons. The molecule has 2 saturated heterocycles. The van der Waals surface area contributed by atoms with E-state index in [1.54, 1.807) is 17.0 Å². The third-order valence-electron chi connectivity index (χ3n) is 6.71. The molecular formula is C23H32FN3O3. The van der Waals surface area contributed by atoms with E-state index >= 15 is 0 Å². The molecule has 2 amide bonds. The average molecular weight is 418 g/mol. The van der Waals surface area contributed by atoms with E-state index in [-0.39, 0.29) is 24.0 Å². The fraction of sp³-hybridized carbons (Fsp3) is 0.652. The molecule has 6 nitrogen and oxygen atoms in total. The maximum Gasteiger partial charge on any atom is 0.254 e. The molecule has 1 N–H and O–H groups in total. The maximum atomic E-state index is 13.5. The van der Waals surface area contributed by atoms with E-state index in [1.807, 2.05) is 0 Å². The Bertz CT molecular complexity index is 739. The summed E-state index contributed by atoms with van der Waals surface area (Å²) in [5, 5.41) is 3.14. The largest absolute Gasteiger partial charge is 0.376 e. The number of ether oxygens (including phenoxy) is 1. The number of nitrogens with zero attached hydrogens (tertiary/aromatic N) is 2. The predicted octanol–water partition coefficient (Wildman–Crippen LogP) is 2.44. The first-order valence-electron chi connectivity index (χ1n) is 11.3. The lowest BCUT2D eigenvalue weighted by atomic mass is 9.94. The lowest BCUT2D eigenvalue weighted by Crippen LogP contribution is -2.58. The molecule has 0 unspecified atom stereocenters. The predicted molar refractivity (Wildman–Crippen MR) is 112 cm³/mol. The normalized spacial score (nSPS) is 24.2. The zero-order chi connectivity index (χ0) is 20.9. The third-order valence-corrected chi connectivity index (χ3v) is 6.71.